The molecule has 1 heterocycles. The van der Waals surface area contributed by atoms with Crippen LogP contribution in [0.5, 0.6) is 5.88 Å². The van der Waals surface area contributed by atoms with Gasteiger partial charge in [-0.25, -0.2) is 0 Å². The fourth-order valence-electron chi connectivity index (χ4n) is 1.71. The molecule has 1 aromatic heterocycles. The van der Waals surface area contributed by atoms with Crippen molar-refractivity contribution in [2.45, 2.75) is 65.5 Å². The van der Waals surface area contributed by atoms with E-state index in [1.54, 1.807) is 0 Å². The normalized spacial score (nSPS) is 10.9. The second kappa shape index (κ2) is 9.73. The molecule has 4 heteroatoms. The first kappa shape index (κ1) is 15.9. The number of nitrogens with zero attached hydrogens (tertiary/aromatic N) is 2. The lowest BCUT2D eigenvalue weighted by Gasteiger charge is -2.08. The standard InChI is InChI=1S/C15H27N3O/c1-4-5-6-7-8-11-19-15-10-9-14(17-18-15)12-16-13(2)3/h9-10,13,16H,4-8,11-12H2,1-3H3. The van der Waals surface area contributed by atoms with Gasteiger partial charge in [0.2, 0.25) is 5.88 Å². The lowest BCUT2D eigenvalue weighted by atomic mass is 10.2. The number of nitrogens with one attached hydrogen (secondary N) is 1. The minimum atomic E-state index is 0.459. The molecule has 0 bridgehead atoms. The Kier molecular flexibility index (Phi) is 8.14. The number of rotatable bonds is 10. The van der Waals surface area contributed by atoms with Gasteiger partial charge in [0.25, 0.3) is 0 Å². The summed E-state index contributed by atoms with van der Waals surface area (Å²) in [6, 6.07) is 4.33. The van der Waals surface area contributed by atoms with Crippen molar-refractivity contribution in [3.8, 4) is 5.88 Å². The van der Waals surface area contributed by atoms with Gasteiger partial charge in [-0.1, -0.05) is 46.5 Å². The number of ether oxygens (including phenoxy) is 1. The van der Waals surface area contributed by atoms with E-state index in [1.165, 1.54) is 25.7 Å². The Bertz CT molecular complexity index is 325. The van der Waals surface area contributed by atoms with Gasteiger partial charge < -0.3 is 10.1 Å². The SMILES string of the molecule is CCCCCCCOc1ccc(CNC(C)C)nn1. The van der Waals surface area contributed by atoms with Crippen LogP contribution in [-0.4, -0.2) is 22.8 Å². The predicted octanol–water partition coefficient (Wildman–Crippen LogP) is 3.32. The van der Waals surface area contributed by atoms with E-state index in [4.69, 9.17) is 4.74 Å². The first-order valence-electron chi connectivity index (χ1n) is 7.41. The van der Waals surface area contributed by atoms with Crippen molar-refractivity contribution in [1.82, 2.24) is 15.5 Å². The van der Waals surface area contributed by atoms with Gasteiger partial charge in [-0.05, 0) is 12.5 Å². The number of hydrogen-bond donors (Lipinski definition) is 1. The van der Waals surface area contributed by atoms with E-state index in [-0.39, 0.29) is 0 Å². The summed E-state index contributed by atoms with van der Waals surface area (Å²) < 4.78 is 5.57. The maximum Gasteiger partial charge on any atom is 0.233 e. The van der Waals surface area contributed by atoms with E-state index in [2.05, 4.69) is 36.3 Å². The van der Waals surface area contributed by atoms with Crippen LogP contribution in [0.1, 0.15) is 58.6 Å². The minimum Gasteiger partial charge on any atom is -0.477 e. The van der Waals surface area contributed by atoms with Crippen LogP contribution in [0.15, 0.2) is 12.1 Å². The predicted molar refractivity (Wildman–Crippen MR) is 78.3 cm³/mol. The van der Waals surface area contributed by atoms with Crippen LogP contribution in [0.3, 0.4) is 0 Å². The summed E-state index contributed by atoms with van der Waals surface area (Å²) in [6.45, 7) is 7.94. The number of hydrogen-bond acceptors (Lipinski definition) is 4. The van der Waals surface area contributed by atoms with E-state index in [9.17, 15) is 0 Å². The van der Waals surface area contributed by atoms with Gasteiger partial charge in [0, 0.05) is 18.7 Å². The average molecular weight is 265 g/mol. The highest BCUT2D eigenvalue weighted by Crippen LogP contribution is 2.07. The smallest absolute Gasteiger partial charge is 0.233 e. The average Bonchev–Trinajstić information content (AvgIpc) is 2.41. The summed E-state index contributed by atoms with van der Waals surface area (Å²) in [6.07, 6.45) is 6.22. The van der Waals surface area contributed by atoms with Crippen LogP contribution in [0.25, 0.3) is 0 Å². The molecule has 0 saturated heterocycles. The fourth-order valence-corrected chi connectivity index (χ4v) is 1.71. The lowest BCUT2D eigenvalue weighted by molar-refractivity contribution is 0.289. The van der Waals surface area contributed by atoms with E-state index < -0.39 is 0 Å². The van der Waals surface area contributed by atoms with E-state index in [0.29, 0.717) is 11.9 Å². The van der Waals surface area contributed by atoms with Gasteiger partial charge in [-0.3, -0.25) is 0 Å². The first-order valence-corrected chi connectivity index (χ1v) is 7.41. The summed E-state index contributed by atoms with van der Waals surface area (Å²) in [7, 11) is 0. The van der Waals surface area contributed by atoms with Crippen LogP contribution in [0.2, 0.25) is 0 Å². The zero-order valence-corrected chi connectivity index (χ0v) is 12.5. The minimum absolute atomic E-state index is 0.459. The second-order valence-electron chi connectivity index (χ2n) is 5.16. The third-order valence-electron chi connectivity index (χ3n) is 2.88. The quantitative estimate of drug-likeness (QED) is 0.659. The summed E-state index contributed by atoms with van der Waals surface area (Å²) in [5.41, 5.74) is 0.948. The van der Waals surface area contributed by atoms with Crippen molar-refractivity contribution in [2.75, 3.05) is 6.61 Å². The Morgan fingerprint density at radius 3 is 2.53 bits per heavy atom. The van der Waals surface area contributed by atoms with Crippen molar-refractivity contribution >= 4 is 0 Å². The van der Waals surface area contributed by atoms with Gasteiger partial charge >= 0.3 is 0 Å². The molecule has 0 aliphatic rings. The monoisotopic (exact) mass is 265 g/mol. The molecule has 0 atom stereocenters. The highest BCUT2D eigenvalue weighted by Gasteiger charge is 2.00. The Morgan fingerprint density at radius 2 is 1.89 bits per heavy atom. The zero-order chi connectivity index (χ0) is 13.9. The molecule has 0 saturated carbocycles. The van der Waals surface area contributed by atoms with Crippen LogP contribution < -0.4 is 10.1 Å². The molecule has 0 radical (unpaired) electrons. The topological polar surface area (TPSA) is 47.0 Å². The molecule has 0 aliphatic heterocycles. The molecule has 1 rings (SSSR count). The molecular weight excluding hydrogens is 238 g/mol. The molecule has 108 valence electrons. The molecule has 0 unspecified atom stereocenters. The molecule has 0 spiro atoms. The van der Waals surface area contributed by atoms with Crippen molar-refractivity contribution in [3.05, 3.63) is 17.8 Å². The van der Waals surface area contributed by atoms with Gasteiger partial charge in [-0.2, -0.15) is 5.10 Å². The van der Waals surface area contributed by atoms with Crippen LogP contribution in [0.4, 0.5) is 0 Å². The fraction of sp³-hybridized carbons (Fsp3) is 0.733. The Balaban J connectivity index is 2.17. The second-order valence-corrected chi connectivity index (χ2v) is 5.16. The molecule has 1 N–H and O–H groups in total. The van der Waals surface area contributed by atoms with Crippen LogP contribution >= 0.6 is 0 Å². The maximum absolute atomic E-state index is 5.57. The van der Waals surface area contributed by atoms with Gasteiger partial charge in [-0.15, -0.1) is 5.10 Å². The molecule has 0 aromatic carbocycles. The largest absolute Gasteiger partial charge is 0.477 e. The molecule has 4 nitrogen and oxygen atoms in total. The summed E-state index contributed by atoms with van der Waals surface area (Å²) in [4.78, 5) is 0. The third kappa shape index (κ3) is 7.78. The van der Waals surface area contributed by atoms with Crippen LogP contribution in [-0.2, 0) is 6.54 Å². The third-order valence-corrected chi connectivity index (χ3v) is 2.88. The first-order chi connectivity index (χ1) is 9.22. The van der Waals surface area contributed by atoms with Gasteiger partial charge in [0.15, 0.2) is 0 Å². The molecule has 1 aromatic rings. The summed E-state index contributed by atoms with van der Waals surface area (Å²) in [5.74, 6) is 0.629. The Morgan fingerprint density at radius 1 is 1.11 bits per heavy atom. The molecule has 0 amide bonds. The van der Waals surface area contributed by atoms with Gasteiger partial charge in [0.1, 0.15) is 0 Å². The van der Waals surface area contributed by atoms with Crippen LogP contribution in [0, 0.1) is 0 Å². The summed E-state index contributed by atoms with van der Waals surface area (Å²) >= 11 is 0. The number of aromatic nitrogens is 2. The van der Waals surface area contributed by atoms with Gasteiger partial charge in [0.05, 0.1) is 12.3 Å². The Hall–Kier alpha value is -1.16. The van der Waals surface area contributed by atoms with Crippen molar-refractivity contribution in [2.24, 2.45) is 0 Å². The summed E-state index contributed by atoms with van der Waals surface area (Å²) in [5, 5.41) is 11.5. The molecular formula is C15H27N3O. The Labute approximate surface area is 117 Å². The molecule has 0 aliphatic carbocycles. The van der Waals surface area contributed by atoms with Crippen molar-refractivity contribution in [3.63, 3.8) is 0 Å². The molecule has 19 heavy (non-hydrogen) atoms. The maximum atomic E-state index is 5.57. The lowest BCUT2D eigenvalue weighted by Crippen LogP contribution is -2.22. The van der Waals surface area contributed by atoms with E-state index in [0.717, 1.165) is 25.3 Å². The van der Waals surface area contributed by atoms with Crippen molar-refractivity contribution < 1.29 is 4.74 Å². The molecule has 0 fully saturated rings. The highest BCUT2D eigenvalue weighted by molar-refractivity contribution is 5.11. The van der Waals surface area contributed by atoms with E-state index in [1.807, 2.05) is 12.1 Å². The van der Waals surface area contributed by atoms with E-state index >= 15 is 0 Å². The van der Waals surface area contributed by atoms with Crippen molar-refractivity contribution in [1.29, 1.82) is 0 Å². The highest BCUT2D eigenvalue weighted by atomic mass is 16.5. The zero-order valence-electron chi connectivity index (χ0n) is 12.5. The number of unbranched alkanes of at least 4 members (excludes halogenated alkanes) is 4.